The van der Waals surface area contributed by atoms with E-state index in [1.165, 1.54) is 0 Å². The number of carbonyl (C=O) groups is 2. The van der Waals surface area contributed by atoms with Crippen LogP contribution in [-0.4, -0.2) is 71.7 Å². The molecule has 1 unspecified atom stereocenters. The van der Waals surface area contributed by atoms with Crippen molar-refractivity contribution in [3.8, 4) is 5.75 Å². The second-order valence-corrected chi connectivity index (χ2v) is 7.66. The van der Waals surface area contributed by atoms with Gasteiger partial charge in [0, 0.05) is 46.1 Å². The molecule has 1 aromatic heterocycles. The highest BCUT2D eigenvalue weighted by molar-refractivity contribution is 5.79. The van der Waals surface area contributed by atoms with E-state index in [0.29, 0.717) is 44.2 Å². The molecule has 0 spiro atoms. The Balaban J connectivity index is 1.59. The minimum atomic E-state index is -0.0224. The molecule has 0 bridgehead atoms. The quantitative estimate of drug-likeness (QED) is 0.599. The summed E-state index contributed by atoms with van der Waals surface area (Å²) in [5.41, 5.74) is 0.916. The van der Waals surface area contributed by atoms with E-state index in [-0.39, 0.29) is 24.5 Å². The van der Waals surface area contributed by atoms with E-state index in [1.54, 1.807) is 21.1 Å². The first kappa shape index (κ1) is 22.7. The molecule has 0 aliphatic carbocycles. The van der Waals surface area contributed by atoms with Gasteiger partial charge in [-0.3, -0.25) is 9.59 Å². The molecule has 1 aliphatic rings. The van der Waals surface area contributed by atoms with Crippen LogP contribution < -0.4 is 4.74 Å². The van der Waals surface area contributed by atoms with E-state index in [1.807, 2.05) is 34.1 Å². The van der Waals surface area contributed by atoms with Crippen LogP contribution in [0.3, 0.4) is 0 Å². The van der Waals surface area contributed by atoms with Crippen molar-refractivity contribution in [1.29, 1.82) is 0 Å². The van der Waals surface area contributed by atoms with Crippen LogP contribution in [0.15, 0.2) is 28.8 Å². The monoisotopic (exact) mass is 430 g/mol. The van der Waals surface area contributed by atoms with E-state index in [4.69, 9.17) is 14.0 Å². The van der Waals surface area contributed by atoms with Crippen molar-refractivity contribution in [3.63, 3.8) is 0 Å². The molecule has 9 nitrogen and oxygen atoms in total. The number of hydrogen-bond donors (Lipinski definition) is 0. The van der Waals surface area contributed by atoms with Crippen LogP contribution in [0.2, 0.25) is 0 Å². The number of piperidine rings is 1. The lowest BCUT2D eigenvalue weighted by Gasteiger charge is -2.39. The molecule has 2 heterocycles. The molecule has 1 fully saturated rings. The Morgan fingerprint density at radius 1 is 1.32 bits per heavy atom. The van der Waals surface area contributed by atoms with E-state index in [2.05, 4.69) is 10.1 Å². The minimum absolute atomic E-state index is 0.0206. The van der Waals surface area contributed by atoms with Crippen LogP contribution in [0.5, 0.6) is 5.75 Å². The van der Waals surface area contributed by atoms with Crippen molar-refractivity contribution in [1.82, 2.24) is 19.9 Å². The standard InChI is InChI=1S/C22H30N4O5/c1-16(27)26(11-9-20-23-21(15-29-2)31-24-20)18-7-5-10-25(14-18)22(28)13-17-6-4-8-19(12-17)30-3/h4,6,8,12,18H,5,7,9-11,13-15H2,1-3H3. The van der Waals surface area contributed by atoms with Gasteiger partial charge in [-0.2, -0.15) is 4.98 Å². The molecule has 1 saturated heterocycles. The summed E-state index contributed by atoms with van der Waals surface area (Å²) in [6.45, 7) is 3.53. The number of rotatable bonds is 9. The number of ether oxygens (including phenoxy) is 2. The molecule has 2 aromatic rings. The zero-order valence-corrected chi connectivity index (χ0v) is 18.4. The lowest BCUT2D eigenvalue weighted by molar-refractivity contribution is -0.138. The predicted molar refractivity (Wildman–Crippen MR) is 112 cm³/mol. The Morgan fingerprint density at radius 3 is 2.90 bits per heavy atom. The molecule has 9 heteroatoms. The van der Waals surface area contributed by atoms with Gasteiger partial charge in [0.1, 0.15) is 12.4 Å². The molecule has 1 atom stereocenters. The van der Waals surface area contributed by atoms with Gasteiger partial charge in [-0.15, -0.1) is 0 Å². The van der Waals surface area contributed by atoms with Crippen LogP contribution in [0.25, 0.3) is 0 Å². The van der Waals surface area contributed by atoms with Crippen LogP contribution in [0.1, 0.15) is 37.0 Å². The average molecular weight is 431 g/mol. The molecule has 0 N–H and O–H groups in total. The maximum absolute atomic E-state index is 12.9. The summed E-state index contributed by atoms with van der Waals surface area (Å²) in [7, 11) is 3.17. The number of aromatic nitrogens is 2. The number of hydrogen-bond acceptors (Lipinski definition) is 7. The van der Waals surface area contributed by atoms with Gasteiger partial charge in [0.05, 0.1) is 13.5 Å². The molecular formula is C22H30N4O5. The van der Waals surface area contributed by atoms with E-state index >= 15 is 0 Å². The van der Waals surface area contributed by atoms with Gasteiger partial charge < -0.3 is 23.8 Å². The highest BCUT2D eigenvalue weighted by Gasteiger charge is 2.29. The maximum atomic E-state index is 12.9. The third kappa shape index (κ3) is 6.27. The fraction of sp³-hybridized carbons (Fsp3) is 0.545. The summed E-state index contributed by atoms with van der Waals surface area (Å²) in [6.07, 6.45) is 2.53. The lowest BCUT2D eigenvalue weighted by atomic mass is 10.0. The second-order valence-electron chi connectivity index (χ2n) is 7.66. The molecular weight excluding hydrogens is 400 g/mol. The summed E-state index contributed by atoms with van der Waals surface area (Å²) in [5.74, 6) is 1.73. The number of methoxy groups -OCH3 is 2. The normalized spacial score (nSPS) is 16.2. The van der Waals surface area contributed by atoms with Crippen molar-refractivity contribution < 1.29 is 23.6 Å². The fourth-order valence-electron chi connectivity index (χ4n) is 3.90. The van der Waals surface area contributed by atoms with Gasteiger partial charge in [-0.05, 0) is 30.5 Å². The summed E-state index contributed by atoms with van der Waals surface area (Å²) in [6, 6.07) is 7.52. The summed E-state index contributed by atoms with van der Waals surface area (Å²) >= 11 is 0. The van der Waals surface area contributed by atoms with E-state index < -0.39 is 0 Å². The van der Waals surface area contributed by atoms with Crippen LogP contribution in [-0.2, 0) is 33.8 Å². The molecule has 31 heavy (non-hydrogen) atoms. The van der Waals surface area contributed by atoms with Gasteiger partial charge in [0.25, 0.3) is 5.89 Å². The highest BCUT2D eigenvalue weighted by atomic mass is 16.5. The average Bonchev–Trinajstić information content (AvgIpc) is 3.21. The molecule has 3 rings (SSSR count). The Kier molecular flexibility index (Phi) is 8.00. The van der Waals surface area contributed by atoms with E-state index in [9.17, 15) is 9.59 Å². The van der Waals surface area contributed by atoms with Crippen molar-refractivity contribution >= 4 is 11.8 Å². The number of amides is 2. The molecule has 1 aromatic carbocycles. The second kappa shape index (κ2) is 10.9. The lowest BCUT2D eigenvalue weighted by Crippen LogP contribution is -2.52. The fourth-order valence-corrected chi connectivity index (χ4v) is 3.90. The van der Waals surface area contributed by atoms with Gasteiger partial charge in [-0.1, -0.05) is 17.3 Å². The first-order valence-electron chi connectivity index (χ1n) is 10.5. The Labute approximate surface area is 182 Å². The molecule has 168 valence electrons. The Hall–Kier alpha value is -2.94. The Morgan fingerprint density at radius 2 is 2.16 bits per heavy atom. The predicted octanol–water partition coefficient (Wildman–Crippen LogP) is 1.85. The highest BCUT2D eigenvalue weighted by Crippen LogP contribution is 2.19. The summed E-state index contributed by atoms with van der Waals surface area (Å²) in [4.78, 5) is 33.2. The number of nitrogens with zero attached hydrogens (tertiary/aromatic N) is 4. The molecule has 0 radical (unpaired) electrons. The SMILES string of the molecule is COCc1nc(CCN(C(C)=O)C2CCCN(C(=O)Cc3cccc(OC)c3)C2)no1. The van der Waals surface area contributed by atoms with Crippen LogP contribution in [0.4, 0.5) is 0 Å². The third-order valence-electron chi connectivity index (χ3n) is 5.44. The van der Waals surface area contributed by atoms with E-state index in [0.717, 1.165) is 24.2 Å². The molecule has 0 saturated carbocycles. The number of likely N-dealkylation sites (tertiary alicyclic amines) is 1. The Bertz CT molecular complexity index is 884. The third-order valence-corrected chi connectivity index (χ3v) is 5.44. The summed E-state index contributed by atoms with van der Waals surface area (Å²) in [5, 5.41) is 3.94. The van der Waals surface area contributed by atoms with Crippen LogP contribution >= 0.6 is 0 Å². The van der Waals surface area contributed by atoms with Gasteiger partial charge >= 0.3 is 0 Å². The van der Waals surface area contributed by atoms with Gasteiger partial charge in [-0.25, -0.2) is 0 Å². The van der Waals surface area contributed by atoms with Crippen molar-refractivity contribution in [2.24, 2.45) is 0 Å². The summed E-state index contributed by atoms with van der Waals surface area (Å²) < 4.78 is 15.3. The van der Waals surface area contributed by atoms with Crippen molar-refractivity contribution in [2.75, 3.05) is 33.9 Å². The molecule has 1 aliphatic heterocycles. The number of carbonyl (C=O) groups excluding carboxylic acids is 2. The van der Waals surface area contributed by atoms with Gasteiger partial charge in [0.15, 0.2) is 5.82 Å². The topological polar surface area (TPSA) is 98.0 Å². The maximum Gasteiger partial charge on any atom is 0.252 e. The molecule has 2 amide bonds. The van der Waals surface area contributed by atoms with Crippen LogP contribution in [0, 0.1) is 0 Å². The first-order valence-corrected chi connectivity index (χ1v) is 10.5. The first-order chi connectivity index (χ1) is 15.0. The smallest absolute Gasteiger partial charge is 0.252 e. The number of benzene rings is 1. The zero-order valence-electron chi connectivity index (χ0n) is 18.4. The van der Waals surface area contributed by atoms with Crippen molar-refractivity contribution in [3.05, 3.63) is 41.5 Å². The largest absolute Gasteiger partial charge is 0.497 e. The van der Waals surface area contributed by atoms with Crippen molar-refractivity contribution in [2.45, 2.75) is 45.3 Å². The van der Waals surface area contributed by atoms with Gasteiger partial charge in [0.2, 0.25) is 11.8 Å². The minimum Gasteiger partial charge on any atom is -0.497 e. The zero-order chi connectivity index (χ0) is 22.2.